The minimum atomic E-state index is -0.254. The van der Waals surface area contributed by atoms with Crippen LogP contribution in [0, 0.1) is 6.92 Å². The fourth-order valence-electron chi connectivity index (χ4n) is 1.38. The Labute approximate surface area is 109 Å². The molecule has 2 aromatic rings. The molecule has 0 spiro atoms. The number of thiophene rings is 1. The van der Waals surface area contributed by atoms with Gasteiger partial charge in [0.2, 0.25) is 0 Å². The molecular formula is C13H13N3OS. The maximum absolute atomic E-state index is 11.7. The Morgan fingerprint density at radius 2 is 2.22 bits per heavy atom. The molecule has 0 aliphatic heterocycles. The van der Waals surface area contributed by atoms with Crippen molar-refractivity contribution in [2.24, 2.45) is 5.10 Å². The van der Waals surface area contributed by atoms with Gasteiger partial charge in [-0.3, -0.25) is 9.78 Å². The van der Waals surface area contributed by atoms with Gasteiger partial charge < -0.3 is 0 Å². The molecule has 0 bridgehead atoms. The van der Waals surface area contributed by atoms with E-state index in [1.165, 1.54) is 11.1 Å². The number of hydrogen-bond donors (Lipinski definition) is 1. The molecule has 0 saturated heterocycles. The lowest BCUT2D eigenvalue weighted by atomic mass is 10.3. The molecular weight excluding hydrogens is 246 g/mol. The third-order valence-electron chi connectivity index (χ3n) is 2.35. The Hall–Kier alpha value is -2.01. The van der Waals surface area contributed by atoms with Crippen molar-refractivity contribution in [3.63, 3.8) is 0 Å². The molecule has 4 nitrogen and oxygen atoms in total. The summed E-state index contributed by atoms with van der Waals surface area (Å²) in [5.41, 5.74) is 3.82. The predicted octanol–water partition coefficient (Wildman–Crippen LogP) is 2.61. The number of hydrogen-bond acceptors (Lipinski definition) is 4. The van der Waals surface area contributed by atoms with Crippen LogP contribution in [0.15, 0.2) is 41.8 Å². The number of aryl methyl sites for hydroxylation is 1. The van der Waals surface area contributed by atoms with E-state index in [1.54, 1.807) is 29.7 Å². The molecule has 0 atom stereocenters. The van der Waals surface area contributed by atoms with Crippen LogP contribution >= 0.6 is 11.3 Å². The molecule has 5 heteroatoms. The number of amides is 1. The van der Waals surface area contributed by atoms with Crippen LogP contribution in [-0.4, -0.2) is 16.6 Å². The van der Waals surface area contributed by atoms with Crippen molar-refractivity contribution < 1.29 is 4.79 Å². The molecule has 0 aromatic carbocycles. The molecule has 2 rings (SSSR count). The van der Waals surface area contributed by atoms with Gasteiger partial charge >= 0.3 is 0 Å². The summed E-state index contributed by atoms with van der Waals surface area (Å²) < 4.78 is 0. The van der Waals surface area contributed by atoms with Gasteiger partial charge in [0, 0.05) is 17.3 Å². The van der Waals surface area contributed by atoms with E-state index in [4.69, 9.17) is 0 Å². The molecule has 0 aliphatic carbocycles. The van der Waals surface area contributed by atoms with Crippen LogP contribution in [0.2, 0.25) is 0 Å². The molecule has 18 heavy (non-hydrogen) atoms. The van der Waals surface area contributed by atoms with Crippen molar-refractivity contribution >= 4 is 23.0 Å². The Morgan fingerprint density at radius 3 is 2.83 bits per heavy atom. The van der Waals surface area contributed by atoms with Gasteiger partial charge in [-0.2, -0.15) is 5.10 Å². The maximum Gasteiger partial charge on any atom is 0.272 e. The highest BCUT2D eigenvalue weighted by molar-refractivity contribution is 7.14. The fourth-order valence-corrected chi connectivity index (χ4v) is 2.19. The van der Waals surface area contributed by atoms with Crippen LogP contribution in [0.4, 0.5) is 0 Å². The highest BCUT2D eigenvalue weighted by Crippen LogP contribution is 2.15. The smallest absolute Gasteiger partial charge is 0.267 e. The predicted molar refractivity (Wildman–Crippen MR) is 73.0 cm³/mol. The standard InChI is InChI=1S/C13H13N3OS/c1-9-5-6-12(18-9)10(2)15-16-13(17)11-4-3-7-14-8-11/h3-8H,1-2H3,(H,16,17)/b15-10+. The summed E-state index contributed by atoms with van der Waals surface area (Å²) in [6, 6.07) is 7.44. The zero-order valence-electron chi connectivity index (χ0n) is 10.2. The van der Waals surface area contributed by atoms with E-state index < -0.39 is 0 Å². The largest absolute Gasteiger partial charge is 0.272 e. The van der Waals surface area contributed by atoms with Crippen LogP contribution < -0.4 is 5.43 Å². The van der Waals surface area contributed by atoms with E-state index in [-0.39, 0.29) is 5.91 Å². The third kappa shape index (κ3) is 3.01. The van der Waals surface area contributed by atoms with Gasteiger partial charge in [-0.25, -0.2) is 5.43 Å². The van der Waals surface area contributed by atoms with Crippen molar-refractivity contribution in [3.05, 3.63) is 52.0 Å². The van der Waals surface area contributed by atoms with Crippen LogP contribution in [0.1, 0.15) is 27.0 Å². The van der Waals surface area contributed by atoms with Gasteiger partial charge in [0.05, 0.1) is 16.2 Å². The first-order chi connectivity index (χ1) is 8.66. The van der Waals surface area contributed by atoms with Gasteiger partial charge in [-0.15, -0.1) is 11.3 Å². The van der Waals surface area contributed by atoms with E-state index in [2.05, 4.69) is 15.5 Å². The van der Waals surface area contributed by atoms with Gasteiger partial charge in [-0.1, -0.05) is 0 Å². The van der Waals surface area contributed by atoms with E-state index in [1.807, 2.05) is 26.0 Å². The van der Waals surface area contributed by atoms with Crippen molar-refractivity contribution in [1.29, 1.82) is 0 Å². The minimum absolute atomic E-state index is 0.254. The first-order valence-electron chi connectivity index (χ1n) is 5.48. The number of rotatable bonds is 3. The van der Waals surface area contributed by atoms with E-state index >= 15 is 0 Å². The Balaban J connectivity index is 2.05. The molecule has 2 aromatic heterocycles. The number of pyridine rings is 1. The number of carbonyl (C=O) groups is 1. The molecule has 0 unspecified atom stereocenters. The summed E-state index contributed by atoms with van der Waals surface area (Å²) in [6.07, 6.45) is 3.13. The van der Waals surface area contributed by atoms with Crippen molar-refractivity contribution in [1.82, 2.24) is 10.4 Å². The molecule has 1 amide bonds. The molecule has 2 heterocycles. The first kappa shape index (κ1) is 12.4. The quantitative estimate of drug-likeness (QED) is 0.680. The van der Waals surface area contributed by atoms with Crippen LogP contribution in [0.5, 0.6) is 0 Å². The lowest BCUT2D eigenvalue weighted by Gasteiger charge is -2.00. The zero-order valence-corrected chi connectivity index (χ0v) is 11.0. The third-order valence-corrected chi connectivity index (χ3v) is 3.46. The highest BCUT2D eigenvalue weighted by Gasteiger charge is 2.05. The Morgan fingerprint density at radius 1 is 1.39 bits per heavy atom. The Bertz CT molecular complexity index is 575. The van der Waals surface area contributed by atoms with Gasteiger partial charge in [0.25, 0.3) is 5.91 Å². The monoisotopic (exact) mass is 259 g/mol. The second-order valence-electron chi connectivity index (χ2n) is 3.79. The number of carbonyl (C=O) groups excluding carboxylic acids is 1. The summed E-state index contributed by atoms with van der Waals surface area (Å²) in [5, 5.41) is 4.08. The van der Waals surface area contributed by atoms with E-state index in [0.29, 0.717) is 5.56 Å². The molecule has 92 valence electrons. The molecule has 0 radical (unpaired) electrons. The summed E-state index contributed by atoms with van der Waals surface area (Å²) in [7, 11) is 0. The van der Waals surface area contributed by atoms with Crippen molar-refractivity contribution in [3.8, 4) is 0 Å². The average Bonchev–Trinajstić information content (AvgIpc) is 2.83. The summed E-state index contributed by atoms with van der Waals surface area (Å²) in [4.78, 5) is 17.9. The van der Waals surface area contributed by atoms with E-state index in [0.717, 1.165) is 10.6 Å². The summed E-state index contributed by atoms with van der Waals surface area (Å²) in [6.45, 7) is 3.91. The maximum atomic E-state index is 11.7. The summed E-state index contributed by atoms with van der Waals surface area (Å²) in [5.74, 6) is -0.254. The number of aromatic nitrogens is 1. The minimum Gasteiger partial charge on any atom is -0.267 e. The van der Waals surface area contributed by atoms with E-state index in [9.17, 15) is 4.79 Å². The summed E-state index contributed by atoms with van der Waals surface area (Å²) >= 11 is 1.65. The topological polar surface area (TPSA) is 54.4 Å². The molecule has 0 fully saturated rings. The van der Waals surface area contributed by atoms with Crippen molar-refractivity contribution in [2.45, 2.75) is 13.8 Å². The first-order valence-corrected chi connectivity index (χ1v) is 6.30. The number of hydrazone groups is 1. The second-order valence-corrected chi connectivity index (χ2v) is 5.08. The second kappa shape index (κ2) is 5.55. The van der Waals surface area contributed by atoms with Crippen LogP contribution in [0.25, 0.3) is 0 Å². The van der Waals surface area contributed by atoms with Gasteiger partial charge in [0.15, 0.2) is 0 Å². The number of nitrogens with zero attached hydrogens (tertiary/aromatic N) is 2. The van der Waals surface area contributed by atoms with Gasteiger partial charge in [0.1, 0.15) is 0 Å². The van der Waals surface area contributed by atoms with Crippen LogP contribution in [0.3, 0.4) is 0 Å². The Kier molecular flexibility index (Phi) is 3.84. The average molecular weight is 259 g/mol. The number of nitrogens with one attached hydrogen (secondary N) is 1. The molecule has 0 aliphatic rings. The SMILES string of the molecule is C/C(=N\NC(=O)c1cccnc1)c1ccc(C)s1. The van der Waals surface area contributed by atoms with Crippen LogP contribution in [-0.2, 0) is 0 Å². The lowest BCUT2D eigenvalue weighted by Crippen LogP contribution is -2.19. The fraction of sp³-hybridized carbons (Fsp3) is 0.154. The molecule has 1 N–H and O–H groups in total. The lowest BCUT2D eigenvalue weighted by molar-refractivity contribution is 0.0954. The van der Waals surface area contributed by atoms with Crippen molar-refractivity contribution in [2.75, 3.05) is 0 Å². The highest BCUT2D eigenvalue weighted by atomic mass is 32.1. The zero-order chi connectivity index (χ0) is 13.0. The normalized spacial score (nSPS) is 11.3. The van der Waals surface area contributed by atoms with Gasteiger partial charge in [-0.05, 0) is 38.1 Å². The molecule has 0 saturated carbocycles.